The molecule has 6 rings (SSSR count). The first-order valence-corrected chi connectivity index (χ1v) is 12.6. The summed E-state index contributed by atoms with van der Waals surface area (Å²) >= 11 is 6.13. The Balaban J connectivity index is 1.52. The first-order valence-electron chi connectivity index (χ1n) is 12.2. The van der Waals surface area contributed by atoms with E-state index in [-0.39, 0.29) is 5.56 Å². The molecule has 0 amide bonds. The van der Waals surface area contributed by atoms with Gasteiger partial charge in [-0.1, -0.05) is 72.3 Å². The molecule has 2 heterocycles. The Labute approximate surface area is 219 Å². The Kier molecular flexibility index (Phi) is 5.95. The van der Waals surface area contributed by atoms with Crippen LogP contribution in [-0.4, -0.2) is 14.1 Å². The number of hydrogen-bond acceptors (Lipinski definition) is 2. The second kappa shape index (κ2) is 9.57. The lowest BCUT2D eigenvalue weighted by Gasteiger charge is -2.11. The molecule has 0 bridgehead atoms. The minimum atomic E-state index is -0.115. The number of hydrogen-bond donors (Lipinski definition) is 0. The van der Waals surface area contributed by atoms with E-state index in [0.717, 1.165) is 28.9 Å². The third kappa shape index (κ3) is 4.26. The Morgan fingerprint density at radius 2 is 1.46 bits per heavy atom. The average molecular weight is 502 g/mol. The number of nitrogens with zero attached hydrogens (tertiary/aromatic N) is 3. The largest absolute Gasteiger partial charge is 0.340 e. The summed E-state index contributed by atoms with van der Waals surface area (Å²) in [5.41, 5.74) is 5.95. The fourth-order valence-corrected chi connectivity index (χ4v) is 5.02. The zero-order chi connectivity index (χ0) is 25.4. The molecule has 6 aromatic rings. The number of fused-ring (bicyclic) bond motifs is 2. The summed E-state index contributed by atoms with van der Waals surface area (Å²) in [6.45, 7) is 2.92. The van der Waals surface area contributed by atoms with E-state index in [1.54, 1.807) is 16.7 Å². The smallest absolute Gasteiger partial charge is 0.266 e. The zero-order valence-corrected chi connectivity index (χ0v) is 21.1. The van der Waals surface area contributed by atoms with E-state index in [2.05, 4.69) is 66.1 Å². The maximum absolute atomic E-state index is 13.6. The molecule has 2 aromatic heterocycles. The van der Waals surface area contributed by atoms with Crippen LogP contribution in [0.15, 0.2) is 108 Å². The highest BCUT2D eigenvalue weighted by atomic mass is 35.5. The van der Waals surface area contributed by atoms with Crippen molar-refractivity contribution < 1.29 is 0 Å². The van der Waals surface area contributed by atoms with E-state index in [9.17, 15) is 4.79 Å². The van der Waals surface area contributed by atoms with Gasteiger partial charge in [0.2, 0.25) is 0 Å². The Morgan fingerprint density at radius 3 is 2.24 bits per heavy atom. The normalized spacial score (nSPS) is 11.6. The maximum Gasteiger partial charge on any atom is 0.266 e. The second-order valence-corrected chi connectivity index (χ2v) is 9.46. The van der Waals surface area contributed by atoms with E-state index in [0.29, 0.717) is 21.7 Å². The van der Waals surface area contributed by atoms with Crippen molar-refractivity contribution in [3.63, 3.8) is 0 Å². The lowest BCUT2D eigenvalue weighted by atomic mass is 10.1. The van der Waals surface area contributed by atoms with Gasteiger partial charge >= 0.3 is 0 Å². The summed E-state index contributed by atoms with van der Waals surface area (Å²) in [5.74, 6) is 0.560. The van der Waals surface area contributed by atoms with Gasteiger partial charge in [-0.3, -0.25) is 9.36 Å². The molecule has 0 radical (unpaired) electrons. The molecule has 0 atom stereocenters. The van der Waals surface area contributed by atoms with Gasteiger partial charge in [-0.15, -0.1) is 0 Å². The Morgan fingerprint density at radius 1 is 0.784 bits per heavy atom. The molecule has 37 heavy (non-hydrogen) atoms. The van der Waals surface area contributed by atoms with Crippen LogP contribution in [-0.2, 0) is 6.54 Å². The van der Waals surface area contributed by atoms with Crippen LogP contribution in [0.5, 0.6) is 0 Å². The minimum Gasteiger partial charge on any atom is -0.340 e. The van der Waals surface area contributed by atoms with Crippen molar-refractivity contribution in [1.29, 1.82) is 0 Å². The van der Waals surface area contributed by atoms with E-state index in [1.807, 2.05) is 48.5 Å². The van der Waals surface area contributed by atoms with Crippen LogP contribution in [0.2, 0.25) is 5.02 Å². The standard InChI is InChI=1S/C32H24ClN3O/c1-22-26(27-11-6-8-14-30(27)35(22)21-23-9-3-2-4-10-23)19-20-31-34-29-13-7-5-12-28(29)32(37)36(31)25-17-15-24(33)16-18-25/h2-20H,21H2,1H3/b20-19+. The van der Waals surface area contributed by atoms with Crippen molar-refractivity contribution in [2.75, 3.05) is 0 Å². The molecule has 180 valence electrons. The van der Waals surface area contributed by atoms with E-state index in [4.69, 9.17) is 16.6 Å². The van der Waals surface area contributed by atoms with Crippen molar-refractivity contribution in [2.45, 2.75) is 13.5 Å². The van der Waals surface area contributed by atoms with Gasteiger partial charge < -0.3 is 4.57 Å². The number of para-hydroxylation sites is 2. The molecule has 0 saturated heterocycles. The van der Waals surface area contributed by atoms with Gasteiger partial charge in [-0.25, -0.2) is 4.98 Å². The summed E-state index contributed by atoms with van der Waals surface area (Å²) < 4.78 is 3.98. The van der Waals surface area contributed by atoms with Gasteiger partial charge in [0.1, 0.15) is 5.82 Å². The molecule has 0 aliphatic heterocycles. The van der Waals surface area contributed by atoms with Gasteiger partial charge in [0.25, 0.3) is 5.56 Å². The van der Waals surface area contributed by atoms with Gasteiger partial charge in [0, 0.05) is 33.7 Å². The second-order valence-electron chi connectivity index (χ2n) is 9.03. The lowest BCUT2D eigenvalue weighted by Crippen LogP contribution is -2.22. The molecule has 4 nitrogen and oxygen atoms in total. The molecule has 0 aliphatic rings. The lowest BCUT2D eigenvalue weighted by molar-refractivity contribution is 0.804. The van der Waals surface area contributed by atoms with E-state index < -0.39 is 0 Å². The highest BCUT2D eigenvalue weighted by molar-refractivity contribution is 6.30. The van der Waals surface area contributed by atoms with Gasteiger partial charge in [-0.05, 0) is 67.1 Å². The molecule has 5 heteroatoms. The predicted octanol–water partition coefficient (Wildman–Crippen LogP) is 7.52. The SMILES string of the molecule is Cc1c(/C=C/c2nc3ccccc3c(=O)n2-c2ccc(Cl)cc2)c2ccccc2n1Cc1ccccc1. The molecule has 0 fully saturated rings. The molecule has 0 aliphatic carbocycles. The first kappa shape index (κ1) is 23.0. The summed E-state index contributed by atoms with van der Waals surface area (Å²) in [5, 5.41) is 2.35. The summed E-state index contributed by atoms with van der Waals surface area (Å²) in [7, 11) is 0. The fraction of sp³-hybridized carbons (Fsp3) is 0.0625. The van der Waals surface area contributed by atoms with Crippen LogP contribution in [0.3, 0.4) is 0 Å². The minimum absolute atomic E-state index is 0.115. The van der Waals surface area contributed by atoms with E-state index >= 15 is 0 Å². The monoisotopic (exact) mass is 501 g/mol. The van der Waals surface area contributed by atoms with Crippen LogP contribution in [0, 0.1) is 6.92 Å². The third-order valence-electron chi connectivity index (χ3n) is 6.75. The number of rotatable bonds is 5. The van der Waals surface area contributed by atoms with Crippen LogP contribution in [0.4, 0.5) is 0 Å². The van der Waals surface area contributed by atoms with Gasteiger partial charge in [0.15, 0.2) is 0 Å². The highest BCUT2D eigenvalue weighted by Crippen LogP contribution is 2.29. The molecule has 0 unspecified atom stereocenters. The molecule has 0 saturated carbocycles. The quantitative estimate of drug-likeness (QED) is 0.245. The topological polar surface area (TPSA) is 39.8 Å². The fourth-order valence-electron chi connectivity index (χ4n) is 4.90. The van der Waals surface area contributed by atoms with Crippen LogP contribution in [0.1, 0.15) is 22.6 Å². The Bertz CT molecular complexity index is 1830. The van der Waals surface area contributed by atoms with Crippen molar-refractivity contribution >= 4 is 45.6 Å². The Hall–Kier alpha value is -4.41. The summed E-state index contributed by atoms with van der Waals surface area (Å²) in [4.78, 5) is 18.5. The predicted molar refractivity (Wildman–Crippen MR) is 153 cm³/mol. The van der Waals surface area contributed by atoms with E-state index in [1.165, 1.54) is 11.1 Å². The van der Waals surface area contributed by atoms with Crippen LogP contribution in [0.25, 0.3) is 39.6 Å². The maximum atomic E-state index is 13.6. The van der Waals surface area contributed by atoms with Gasteiger partial charge in [-0.2, -0.15) is 0 Å². The number of benzene rings is 4. The molecule has 0 N–H and O–H groups in total. The van der Waals surface area contributed by atoms with Gasteiger partial charge in [0.05, 0.1) is 16.6 Å². The van der Waals surface area contributed by atoms with Crippen molar-refractivity contribution in [3.8, 4) is 5.69 Å². The zero-order valence-electron chi connectivity index (χ0n) is 20.3. The van der Waals surface area contributed by atoms with Crippen LogP contribution >= 0.6 is 11.6 Å². The number of aromatic nitrogens is 3. The molecular weight excluding hydrogens is 478 g/mol. The average Bonchev–Trinajstić information content (AvgIpc) is 3.19. The summed E-state index contributed by atoms with van der Waals surface area (Å²) in [6, 6.07) is 33.6. The van der Waals surface area contributed by atoms with Crippen molar-refractivity contribution in [1.82, 2.24) is 14.1 Å². The van der Waals surface area contributed by atoms with Crippen molar-refractivity contribution in [2.24, 2.45) is 0 Å². The first-order chi connectivity index (χ1) is 18.1. The molecular formula is C32H24ClN3O. The van der Waals surface area contributed by atoms with Crippen LogP contribution < -0.4 is 5.56 Å². The number of halogens is 1. The van der Waals surface area contributed by atoms with Crippen molar-refractivity contribution in [3.05, 3.63) is 141 Å². The molecule has 4 aromatic carbocycles. The third-order valence-corrected chi connectivity index (χ3v) is 7.00. The summed E-state index contributed by atoms with van der Waals surface area (Å²) in [6.07, 6.45) is 4.01. The molecule has 0 spiro atoms. The highest BCUT2D eigenvalue weighted by Gasteiger charge is 2.14.